The molecule has 6 atom stereocenters. The van der Waals surface area contributed by atoms with Gasteiger partial charge < -0.3 is 0 Å². The summed E-state index contributed by atoms with van der Waals surface area (Å²) in [7, 11) is 0. The van der Waals surface area contributed by atoms with Crippen molar-refractivity contribution in [3.8, 4) is 22.5 Å². The molecule has 2 fully saturated rings. The van der Waals surface area contributed by atoms with E-state index >= 15 is 0 Å². The molecule has 2 nitrogen and oxygen atoms in total. The van der Waals surface area contributed by atoms with Crippen molar-refractivity contribution in [2.45, 2.75) is 92.2 Å². The Morgan fingerprint density at radius 3 is 1.81 bits per heavy atom. The summed E-state index contributed by atoms with van der Waals surface area (Å²) >= 11 is 0. The van der Waals surface area contributed by atoms with Gasteiger partial charge in [0.15, 0.2) is 6.04 Å². The van der Waals surface area contributed by atoms with Crippen LogP contribution in [0.2, 0.25) is 0 Å². The van der Waals surface area contributed by atoms with Gasteiger partial charge in [-0.25, -0.2) is 0 Å². The molecular weight excluding hydrogens is 448 g/mol. The fraction of sp³-hybridized carbons (Fsp3) is 0.571. The second kappa shape index (κ2) is 11.2. The number of nitrogens with zero attached hydrogens (tertiary/aromatic N) is 2. The van der Waals surface area contributed by atoms with E-state index in [1.165, 1.54) is 61.0 Å². The maximum Gasteiger partial charge on any atom is 0.239 e. The number of rotatable bonds is 6. The third-order valence-corrected chi connectivity index (χ3v) is 9.74. The molecule has 37 heavy (non-hydrogen) atoms. The summed E-state index contributed by atoms with van der Waals surface area (Å²) in [6, 6.07) is 26.0. The maximum atomic E-state index is 2.84. The van der Waals surface area contributed by atoms with E-state index in [0.717, 1.165) is 11.8 Å². The lowest BCUT2D eigenvalue weighted by molar-refractivity contribution is -0.800. The van der Waals surface area contributed by atoms with Crippen molar-refractivity contribution in [1.82, 2.24) is 4.68 Å². The molecule has 0 amide bonds. The highest BCUT2D eigenvalue weighted by atomic mass is 15.4. The van der Waals surface area contributed by atoms with E-state index < -0.39 is 0 Å². The molecule has 6 unspecified atom stereocenters. The molecule has 2 aromatic carbocycles. The second-order valence-corrected chi connectivity index (χ2v) is 13.1. The molecule has 1 heterocycles. The molecular formula is C35H49N2+. The Kier molecular flexibility index (Phi) is 7.93. The summed E-state index contributed by atoms with van der Waals surface area (Å²) in [6.45, 7) is 14.8. The maximum absolute atomic E-state index is 2.84. The molecule has 198 valence electrons. The molecule has 0 bridgehead atoms. The topological polar surface area (TPSA) is 8.81 Å². The molecule has 0 saturated heterocycles. The van der Waals surface area contributed by atoms with Gasteiger partial charge in [-0.2, -0.15) is 0 Å². The first-order valence-electron chi connectivity index (χ1n) is 15.1. The van der Waals surface area contributed by atoms with Crippen LogP contribution in [0.4, 0.5) is 0 Å². The largest absolute Gasteiger partial charge is 0.239 e. The summed E-state index contributed by atoms with van der Waals surface area (Å²) in [6.07, 6.45) is 7.96. The zero-order chi connectivity index (χ0) is 26.1. The Morgan fingerprint density at radius 1 is 0.676 bits per heavy atom. The van der Waals surface area contributed by atoms with Gasteiger partial charge in [0.05, 0.1) is 6.04 Å². The lowest BCUT2D eigenvalue weighted by Gasteiger charge is -2.39. The number of hydrogen-bond donors (Lipinski definition) is 0. The minimum absolute atomic E-state index is 0.529. The molecule has 0 aliphatic heterocycles. The van der Waals surface area contributed by atoms with Gasteiger partial charge >= 0.3 is 0 Å². The van der Waals surface area contributed by atoms with E-state index in [1.54, 1.807) is 0 Å². The summed E-state index contributed by atoms with van der Waals surface area (Å²) in [5, 5.41) is 0. The molecule has 2 aliphatic rings. The van der Waals surface area contributed by atoms with Crippen molar-refractivity contribution >= 4 is 0 Å². The number of aromatic nitrogens is 2. The Labute approximate surface area is 226 Å². The van der Waals surface area contributed by atoms with Gasteiger partial charge in [0.2, 0.25) is 5.69 Å². The van der Waals surface area contributed by atoms with Gasteiger partial charge in [-0.3, -0.25) is 0 Å². The van der Waals surface area contributed by atoms with E-state index in [0.29, 0.717) is 35.8 Å². The molecule has 5 rings (SSSR count). The lowest BCUT2D eigenvalue weighted by Crippen LogP contribution is -2.56. The van der Waals surface area contributed by atoms with Crippen LogP contribution in [0.15, 0.2) is 66.7 Å². The molecule has 2 heteroatoms. The van der Waals surface area contributed by atoms with Gasteiger partial charge in [0.25, 0.3) is 0 Å². The van der Waals surface area contributed by atoms with Crippen LogP contribution in [-0.4, -0.2) is 4.68 Å². The van der Waals surface area contributed by atoms with Gasteiger partial charge in [-0.15, -0.1) is 9.36 Å². The Morgan fingerprint density at radius 2 is 1.22 bits per heavy atom. The van der Waals surface area contributed by atoms with E-state index in [9.17, 15) is 0 Å². The van der Waals surface area contributed by atoms with Crippen molar-refractivity contribution in [2.24, 2.45) is 35.5 Å². The first-order chi connectivity index (χ1) is 17.8. The van der Waals surface area contributed by atoms with E-state index in [4.69, 9.17) is 0 Å². The van der Waals surface area contributed by atoms with Crippen LogP contribution < -0.4 is 4.68 Å². The molecule has 2 saturated carbocycles. The predicted molar refractivity (Wildman–Crippen MR) is 156 cm³/mol. The average molecular weight is 498 g/mol. The lowest BCUT2D eigenvalue weighted by atomic mass is 9.73. The fourth-order valence-electron chi connectivity index (χ4n) is 7.69. The first-order valence-corrected chi connectivity index (χ1v) is 15.1. The minimum Gasteiger partial charge on any atom is -0.149 e. The highest BCUT2D eigenvalue weighted by molar-refractivity contribution is 5.66. The van der Waals surface area contributed by atoms with Crippen LogP contribution in [0, 0.1) is 35.5 Å². The average Bonchev–Trinajstić information content (AvgIpc) is 3.29. The van der Waals surface area contributed by atoms with Crippen molar-refractivity contribution < 1.29 is 4.68 Å². The Bertz CT molecular complexity index is 1050. The third-order valence-electron chi connectivity index (χ3n) is 9.74. The summed E-state index contributed by atoms with van der Waals surface area (Å²) in [5.74, 6) is 4.32. The molecule has 0 spiro atoms. The minimum atomic E-state index is 0.529. The fourth-order valence-corrected chi connectivity index (χ4v) is 7.69. The van der Waals surface area contributed by atoms with Crippen LogP contribution >= 0.6 is 0 Å². The smallest absolute Gasteiger partial charge is 0.149 e. The third kappa shape index (κ3) is 5.31. The number of benzene rings is 2. The molecule has 3 aromatic rings. The van der Waals surface area contributed by atoms with Crippen LogP contribution in [-0.2, 0) is 0 Å². The zero-order valence-electron chi connectivity index (χ0n) is 24.1. The summed E-state index contributed by atoms with van der Waals surface area (Å²) in [5.41, 5.74) is 5.52. The Hall–Kier alpha value is -2.35. The van der Waals surface area contributed by atoms with Crippen LogP contribution in [0.25, 0.3) is 22.5 Å². The summed E-state index contributed by atoms with van der Waals surface area (Å²) in [4.78, 5) is 0. The molecule has 0 radical (unpaired) electrons. The number of hydrogen-bond acceptors (Lipinski definition) is 0. The second-order valence-electron chi connectivity index (χ2n) is 13.1. The predicted octanol–water partition coefficient (Wildman–Crippen LogP) is 9.38. The normalized spacial score (nSPS) is 28.6. The molecule has 1 aromatic heterocycles. The van der Waals surface area contributed by atoms with E-state index in [2.05, 4.69) is 118 Å². The first kappa shape index (κ1) is 26.3. The van der Waals surface area contributed by atoms with Crippen LogP contribution in [0.3, 0.4) is 0 Å². The van der Waals surface area contributed by atoms with Gasteiger partial charge in [-0.05, 0) is 67.4 Å². The highest BCUT2D eigenvalue weighted by Gasteiger charge is 2.45. The van der Waals surface area contributed by atoms with E-state index in [-0.39, 0.29) is 0 Å². The van der Waals surface area contributed by atoms with Crippen molar-refractivity contribution in [3.05, 3.63) is 66.7 Å². The van der Waals surface area contributed by atoms with Gasteiger partial charge in [-0.1, -0.05) is 96.5 Å². The van der Waals surface area contributed by atoms with Crippen LogP contribution in [0.1, 0.15) is 92.2 Å². The monoisotopic (exact) mass is 497 g/mol. The summed E-state index contributed by atoms with van der Waals surface area (Å²) < 4.78 is 5.69. The van der Waals surface area contributed by atoms with Gasteiger partial charge in [0, 0.05) is 29.5 Å². The van der Waals surface area contributed by atoms with Crippen LogP contribution in [0.5, 0.6) is 0 Å². The van der Waals surface area contributed by atoms with E-state index in [1.807, 2.05) is 0 Å². The van der Waals surface area contributed by atoms with Crippen molar-refractivity contribution in [1.29, 1.82) is 0 Å². The van der Waals surface area contributed by atoms with Crippen molar-refractivity contribution in [2.75, 3.05) is 0 Å². The zero-order valence-corrected chi connectivity index (χ0v) is 24.1. The molecule has 2 aliphatic carbocycles. The quantitative estimate of drug-likeness (QED) is 0.300. The standard InChI is InChI=1S/C35H49N2/c1-24(2)30-19-17-26(5)21-34(30)36-32(28-13-9-7-10-14-28)23-33(29-15-11-8-12-16-29)37(36)35-22-27(6)18-20-31(35)25(3)4/h7-16,23-27,30-31,34-35H,17-22H2,1-6H3/q+1. The van der Waals surface area contributed by atoms with Gasteiger partial charge in [0.1, 0.15) is 5.69 Å². The molecule has 0 N–H and O–H groups in total. The SMILES string of the molecule is CC1CCC(C(C)C)C(n2c(-c3ccccc3)cc(-c3ccccc3)[n+]2C2CC(C)CCC2C(C)C)C1. The Balaban J connectivity index is 1.81. The van der Waals surface area contributed by atoms with Crippen molar-refractivity contribution in [3.63, 3.8) is 0 Å². The highest BCUT2D eigenvalue weighted by Crippen LogP contribution is 2.45.